The molecule has 0 radical (unpaired) electrons. The number of benzene rings is 2. The lowest BCUT2D eigenvalue weighted by Crippen LogP contribution is -2.51. The van der Waals surface area contributed by atoms with Gasteiger partial charge in [0.25, 0.3) is 0 Å². The van der Waals surface area contributed by atoms with E-state index in [1.54, 1.807) is 12.1 Å². The van der Waals surface area contributed by atoms with Gasteiger partial charge >= 0.3 is 6.18 Å². The molecule has 1 fully saturated rings. The van der Waals surface area contributed by atoms with E-state index in [2.05, 4.69) is 4.98 Å². The first-order valence-corrected chi connectivity index (χ1v) is 11.1. The van der Waals surface area contributed by atoms with Gasteiger partial charge in [0.1, 0.15) is 17.3 Å². The first kappa shape index (κ1) is 22.2. The molecule has 32 heavy (non-hydrogen) atoms. The Balaban J connectivity index is 1.50. The minimum Gasteiger partial charge on any atom is -0.339 e. The third kappa shape index (κ3) is 4.07. The maximum atomic E-state index is 13.9. The lowest BCUT2D eigenvalue weighted by atomic mass is 10.3. The predicted molar refractivity (Wildman–Crippen MR) is 106 cm³/mol. The summed E-state index contributed by atoms with van der Waals surface area (Å²) in [6.45, 7) is -0.838. The summed E-state index contributed by atoms with van der Waals surface area (Å²) in [6, 6.07) is 11.0. The van der Waals surface area contributed by atoms with Crippen LogP contribution in [-0.4, -0.2) is 59.3 Å². The van der Waals surface area contributed by atoms with Crippen molar-refractivity contribution in [2.75, 3.05) is 26.2 Å². The molecule has 1 amide bonds. The van der Waals surface area contributed by atoms with E-state index in [1.165, 1.54) is 29.2 Å². The molecule has 3 aromatic rings. The Labute approximate surface area is 180 Å². The van der Waals surface area contributed by atoms with Crippen LogP contribution in [0.4, 0.5) is 17.6 Å². The van der Waals surface area contributed by atoms with Gasteiger partial charge < -0.3 is 9.47 Å². The Morgan fingerprint density at radius 2 is 1.59 bits per heavy atom. The number of imidazole rings is 1. The maximum Gasteiger partial charge on any atom is 0.449 e. The summed E-state index contributed by atoms with van der Waals surface area (Å²) in [5, 5.41) is 0. The van der Waals surface area contributed by atoms with Crippen LogP contribution in [0.5, 0.6) is 0 Å². The number of carbonyl (C=O) groups excluding carboxylic acids is 1. The second-order valence-corrected chi connectivity index (χ2v) is 9.13. The SMILES string of the molecule is O=C(Cn1c(C(F)(F)F)nc2ccccc21)N1CCN(S(=O)(=O)c2ccccc2F)CC1. The topological polar surface area (TPSA) is 75.5 Å². The Morgan fingerprint density at radius 3 is 2.25 bits per heavy atom. The van der Waals surface area contributed by atoms with Gasteiger partial charge in [-0.2, -0.15) is 17.5 Å². The fourth-order valence-corrected chi connectivity index (χ4v) is 5.15. The second-order valence-electron chi connectivity index (χ2n) is 7.22. The van der Waals surface area contributed by atoms with Crippen molar-refractivity contribution in [3.8, 4) is 0 Å². The number of hydrogen-bond acceptors (Lipinski definition) is 4. The highest BCUT2D eigenvalue weighted by Gasteiger charge is 2.39. The molecule has 1 aliphatic heterocycles. The van der Waals surface area contributed by atoms with Gasteiger partial charge in [0, 0.05) is 26.2 Å². The van der Waals surface area contributed by atoms with Gasteiger partial charge in [-0.3, -0.25) is 4.79 Å². The van der Waals surface area contributed by atoms with Gasteiger partial charge in [-0.15, -0.1) is 0 Å². The normalized spacial score (nSPS) is 15.9. The Kier molecular flexibility index (Phi) is 5.67. The molecule has 2 aromatic carbocycles. The van der Waals surface area contributed by atoms with E-state index in [1.807, 2.05) is 0 Å². The van der Waals surface area contributed by atoms with Gasteiger partial charge in [0.15, 0.2) is 0 Å². The summed E-state index contributed by atoms with van der Waals surface area (Å²) >= 11 is 0. The van der Waals surface area contributed by atoms with Crippen molar-refractivity contribution < 1.29 is 30.8 Å². The molecule has 0 spiro atoms. The Hall–Kier alpha value is -2.99. The van der Waals surface area contributed by atoms with E-state index in [-0.39, 0.29) is 37.2 Å². The maximum absolute atomic E-state index is 13.9. The highest BCUT2D eigenvalue weighted by atomic mass is 32.2. The van der Waals surface area contributed by atoms with E-state index in [0.717, 1.165) is 21.0 Å². The zero-order valence-corrected chi connectivity index (χ0v) is 17.4. The number of nitrogens with zero attached hydrogens (tertiary/aromatic N) is 4. The van der Waals surface area contributed by atoms with Crippen LogP contribution in [0.1, 0.15) is 5.82 Å². The smallest absolute Gasteiger partial charge is 0.339 e. The van der Waals surface area contributed by atoms with Gasteiger partial charge in [-0.25, -0.2) is 17.8 Å². The van der Waals surface area contributed by atoms with Gasteiger partial charge in [0.2, 0.25) is 21.8 Å². The molecule has 0 atom stereocenters. The second kappa shape index (κ2) is 8.17. The molecule has 0 saturated carbocycles. The number of hydrogen-bond donors (Lipinski definition) is 0. The number of para-hydroxylation sites is 2. The summed E-state index contributed by atoms with van der Waals surface area (Å²) in [6.07, 6.45) is -4.74. The number of alkyl halides is 3. The summed E-state index contributed by atoms with van der Waals surface area (Å²) in [4.78, 5) is 17.2. The zero-order chi connectivity index (χ0) is 23.1. The highest BCUT2D eigenvalue weighted by molar-refractivity contribution is 7.89. The molecule has 0 aliphatic carbocycles. The number of fused-ring (bicyclic) bond motifs is 1. The summed E-state index contributed by atoms with van der Waals surface area (Å²) in [5.41, 5.74) is 0.294. The van der Waals surface area contributed by atoms with Crippen molar-refractivity contribution in [2.24, 2.45) is 0 Å². The third-order valence-corrected chi connectivity index (χ3v) is 7.18. The Morgan fingerprint density at radius 1 is 0.969 bits per heavy atom. The van der Waals surface area contributed by atoms with Crippen molar-refractivity contribution in [2.45, 2.75) is 17.6 Å². The van der Waals surface area contributed by atoms with Crippen LogP contribution < -0.4 is 0 Å². The first-order valence-electron chi connectivity index (χ1n) is 9.64. The average molecular weight is 470 g/mol. The van der Waals surface area contributed by atoms with Crippen molar-refractivity contribution in [1.82, 2.24) is 18.8 Å². The number of aromatic nitrogens is 2. The summed E-state index contributed by atoms with van der Waals surface area (Å²) in [5.74, 6) is -2.65. The molecular formula is C20H18F4N4O3S. The fourth-order valence-electron chi connectivity index (χ4n) is 3.66. The number of amides is 1. The molecule has 0 unspecified atom stereocenters. The van der Waals surface area contributed by atoms with Crippen molar-refractivity contribution in [3.63, 3.8) is 0 Å². The number of rotatable bonds is 4. The predicted octanol–water partition coefficient (Wildman–Crippen LogP) is 2.73. The molecule has 4 rings (SSSR count). The first-order chi connectivity index (χ1) is 15.1. The van der Waals surface area contributed by atoms with Gasteiger partial charge in [-0.1, -0.05) is 24.3 Å². The zero-order valence-electron chi connectivity index (χ0n) is 16.6. The van der Waals surface area contributed by atoms with Crippen LogP contribution in [0.25, 0.3) is 11.0 Å². The van der Waals surface area contributed by atoms with E-state index >= 15 is 0 Å². The lowest BCUT2D eigenvalue weighted by Gasteiger charge is -2.34. The van der Waals surface area contributed by atoms with Crippen LogP contribution in [0.2, 0.25) is 0 Å². The lowest BCUT2D eigenvalue weighted by molar-refractivity contribution is -0.148. The number of carbonyl (C=O) groups is 1. The monoisotopic (exact) mass is 470 g/mol. The van der Waals surface area contributed by atoms with E-state index in [4.69, 9.17) is 0 Å². The van der Waals surface area contributed by atoms with Crippen LogP contribution in [0, 0.1) is 5.82 Å². The van der Waals surface area contributed by atoms with Gasteiger partial charge in [0.05, 0.1) is 11.0 Å². The largest absolute Gasteiger partial charge is 0.449 e. The van der Waals surface area contributed by atoms with Crippen LogP contribution >= 0.6 is 0 Å². The fraction of sp³-hybridized carbons (Fsp3) is 0.300. The standard InChI is InChI=1S/C20H18F4N4O3S/c21-14-5-1-4-8-17(14)32(30,31)27-11-9-26(10-12-27)18(29)13-28-16-7-3-2-6-15(16)25-19(28)20(22,23)24/h1-8H,9-13H2. The summed E-state index contributed by atoms with van der Waals surface area (Å²) in [7, 11) is -4.09. The van der Waals surface area contributed by atoms with E-state index in [9.17, 15) is 30.8 Å². The molecular weight excluding hydrogens is 452 g/mol. The third-order valence-electron chi connectivity index (χ3n) is 5.25. The quantitative estimate of drug-likeness (QED) is 0.550. The minimum absolute atomic E-state index is 0.0273. The minimum atomic E-state index is -4.74. The summed E-state index contributed by atoms with van der Waals surface area (Å²) < 4.78 is 81.5. The molecule has 0 N–H and O–H groups in total. The van der Waals surface area contributed by atoms with Crippen LogP contribution in [0.3, 0.4) is 0 Å². The molecule has 2 heterocycles. The molecule has 7 nitrogen and oxygen atoms in total. The molecule has 12 heteroatoms. The number of halogens is 4. The van der Waals surface area contributed by atoms with Crippen molar-refractivity contribution >= 4 is 27.0 Å². The molecule has 170 valence electrons. The molecule has 1 aliphatic rings. The van der Waals surface area contributed by atoms with E-state index in [0.29, 0.717) is 0 Å². The number of sulfonamides is 1. The van der Waals surface area contributed by atoms with Crippen LogP contribution in [-0.2, 0) is 27.5 Å². The Bertz CT molecular complexity index is 1270. The van der Waals surface area contributed by atoms with Gasteiger partial charge in [-0.05, 0) is 24.3 Å². The van der Waals surface area contributed by atoms with Crippen LogP contribution in [0.15, 0.2) is 53.4 Å². The van der Waals surface area contributed by atoms with E-state index < -0.39 is 45.2 Å². The highest BCUT2D eigenvalue weighted by Crippen LogP contribution is 2.31. The molecule has 0 bridgehead atoms. The van der Waals surface area contributed by atoms with Crippen molar-refractivity contribution in [3.05, 3.63) is 60.2 Å². The average Bonchev–Trinajstić information content (AvgIpc) is 3.13. The van der Waals surface area contributed by atoms with Crippen molar-refractivity contribution in [1.29, 1.82) is 0 Å². The number of piperazine rings is 1. The molecule has 1 aromatic heterocycles. The molecule has 1 saturated heterocycles.